The molecule has 20 heavy (non-hydrogen) atoms. The summed E-state index contributed by atoms with van der Waals surface area (Å²) >= 11 is 5.35. The molecule has 1 aliphatic heterocycles. The summed E-state index contributed by atoms with van der Waals surface area (Å²) in [5, 5.41) is 3.38. The van der Waals surface area contributed by atoms with Crippen molar-refractivity contribution in [3.63, 3.8) is 0 Å². The molecule has 0 saturated heterocycles. The normalized spacial score (nSPS) is 15.2. The average Bonchev–Trinajstić information content (AvgIpc) is 2.79. The van der Waals surface area contributed by atoms with Crippen LogP contribution in [0.3, 0.4) is 0 Å². The number of hydrogen-bond acceptors (Lipinski definition) is 4. The maximum atomic E-state index is 5.66. The van der Waals surface area contributed by atoms with E-state index in [1.165, 1.54) is 19.8 Å². The molecule has 3 rings (SSSR count). The van der Waals surface area contributed by atoms with Gasteiger partial charge in [-0.2, -0.15) is 0 Å². The Morgan fingerprint density at radius 3 is 2.60 bits per heavy atom. The van der Waals surface area contributed by atoms with Crippen LogP contribution in [0.5, 0.6) is 11.5 Å². The highest BCUT2D eigenvalue weighted by atomic mass is 79.9. The third-order valence-corrected chi connectivity index (χ3v) is 5.55. The molecule has 2 aromatic rings. The second kappa shape index (κ2) is 5.76. The second-order valence-electron chi connectivity index (χ2n) is 4.73. The Morgan fingerprint density at radius 2 is 1.95 bits per heavy atom. The van der Waals surface area contributed by atoms with Crippen molar-refractivity contribution in [1.29, 1.82) is 0 Å². The third kappa shape index (κ3) is 2.57. The Hall–Kier alpha value is -1.04. The summed E-state index contributed by atoms with van der Waals surface area (Å²) in [5.41, 5.74) is 2.45. The Morgan fingerprint density at radius 1 is 1.20 bits per heavy atom. The van der Waals surface area contributed by atoms with Gasteiger partial charge in [-0.05, 0) is 59.2 Å². The number of rotatable bonds is 3. The van der Waals surface area contributed by atoms with Crippen LogP contribution in [-0.4, -0.2) is 20.3 Å². The van der Waals surface area contributed by atoms with E-state index >= 15 is 0 Å². The minimum atomic E-state index is 0.167. The molecule has 0 amide bonds. The molecule has 1 atom stereocenters. The van der Waals surface area contributed by atoms with Crippen molar-refractivity contribution in [3.8, 4) is 11.5 Å². The van der Waals surface area contributed by atoms with E-state index in [0.717, 1.165) is 11.5 Å². The molecule has 3 nitrogen and oxygen atoms in total. The van der Waals surface area contributed by atoms with Crippen molar-refractivity contribution in [2.24, 2.45) is 0 Å². The molecule has 0 spiro atoms. The van der Waals surface area contributed by atoms with E-state index in [-0.39, 0.29) is 6.04 Å². The van der Waals surface area contributed by atoms with E-state index in [9.17, 15) is 0 Å². The molecule has 0 fully saturated rings. The highest BCUT2D eigenvalue weighted by Crippen LogP contribution is 2.37. The zero-order valence-corrected chi connectivity index (χ0v) is 13.8. The van der Waals surface area contributed by atoms with Gasteiger partial charge in [0.05, 0.1) is 9.83 Å². The van der Waals surface area contributed by atoms with Crippen molar-refractivity contribution >= 4 is 27.3 Å². The number of benzene rings is 1. The van der Waals surface area contributed by atoms with Gasteiger partial charge in [-0.15, -0.1) is 11.3 Å². The number of aryl methyl sites for hydroxylation is 1. The van der Waals surface area contributed by atoms with Crippen molar-refractivity contribution in [3.05, 3.63) is 44.1 Å². The van der Waals surface area contributed by atoms with Crippen molar-refractivity contribution < 1.29 is 9.47 Å². The smallest absolute Gasteiger partial charge is 0.161 e. The van der Waals surface area contributed by atoms with Gasteiger partial charge < -0.3 is 14.8 Å². The number of nitrogens with one attached hydrogen (secondary N) is 1. The van der Waals surface area contributed by atoms with Crippen LogP contribution in [0.15, 0.2) is 28.1 Å². The van der Waals surface area contributed by atoms with Crippen LogP contribution >= 0.6 is 27.3 Å². The van der Waals surface area contributed by atoms with Gasteiger partial charge in [0.25, 0.3) is 0 Å². The molecule has 106 valence electrons. The number of thiophene rings is 1. The lowest BCUT2D eigenvalue weighted by atomic mass is 10.0. The molecule has 1 unspecified atom stereocenters. The second-order valence-corrected chi connectivity index (χ2v) is 7.13. The Bertz CT molecular complexity index is 607. The highest BCUT2D eigenvalue weighted by Gasteiger charge is 2.19. The van der Waals surface area contributed by atoms with Gasteiger partial charge in [0.15, 0.2) is 11.5 Å². The van der Waals surface area contributed by atoms with Crippen LogP contribution in [0.25, 0.3) is 0 Å². The molecule has 1 aliphatic rings. The van der Waals surface area contributed by atoms with Crippen LogP contribution in [-0.2, 0) is 0 Å². The molecule has 0 bridgehead atoms. The molecule has 1 N–H and O–H groups in total. The van der Waals surface area contributed by atoms with E-state index in [0.29, 0.717) is 13.2 Å². The molecular formula is C15H16BrNO2S. The van der Waals surface area contributed by atoms with Gasteiger partial charge in [-0.25, -0.2) is 0 Å². The predicted octanol–water partition coefficient (Wildman–Crippen LogP) is 3.90. The summed E-state index contributed by atoms with van der Waals surface area (Å²) in [5.74, 6) is 1.67. The molecular weight excluding hydrogens is 338 g/mol. The average molecular weight is 354 g/mol. The summed E-state index contributed by atoms with van der Waals surface area (Å²) in [4.78, 5) is 1.29. The molecule has 1 aromatic heterocycles. The summed E-state index contributed by atoms with van der Waals surface area (Å²) in [6.07, 6.45) is 0. The fraction of sp³-hybridized carbons (Fsp3) is 0.333. The van der Waals surface area contributed by atoms with Crippen LogP contribution in [0.4, 0.5) is 0 Å². The zero-order valence-electron chi connectivity index (χ0n) is 11.4. The summed E-state index contributed by atoms with van der Waals surface area (Å²) in [6, 6.07) is 8.54. The Balaban J connectivity index is 1.96. The van der Waals surface area contributed by atoms with Crippen molar-refractivity contribution in [2.75, 3.05) is 20.3 Å². The molecule has 2 heterocycles. The largest absolute Gasteiger partial charge is 0.486 e. The lowest BCUT2D eigenvalue weighted by Gasteiger charge is -2.21. The van der Waals surface area contributed by atoms with Gasteiger partial charge in [-0.3, -0.25) is 0 Å². The fourth-order valence-electron chi connectivity index (χ4n) is 2.34. The van der Waals surface area contributed by atoms with Gasteiger partial charge in [0.2, 0.25) is 0 Å². The highest BCUT2D eigenvalue weighted by molar-refractivity contribution is 9.11. The van der Waals surface area contributed by atoms with E-state index in [2.05, 4.69) is 46.4 Å². The number of fused-ring (bicyclic) bond motifs is 1. The van der Waals surface area contributed by atoms with E-state index < -0.39 is 0 Å². The zero-order chi connectivity index (χ0) is 14.1. The molecule has 1 aromatic carbocycles. The molecule has 5 heteroatoms. The monoisotopic (exact) mass is 353 g/mol. The Labute approximate surface area is 131 Å². The van der Waals surface area contributed by atoms with Gasteiger partial charge in [0, 0.05) is 4.88 Å². The first-order valence-corrected chi connectivity index (χ1v) is 8.12. The number of ether oxygens (including phenoxy) is 2. The van der Waals surface area contributed by atoms with E-state index in [4.69, 9.17) is 9.47 Å². The van der Waals surface area contributed by atoms with Crippen LogP contribution in [0.2, 0.25) is 0 Å². The summed E-state index contributed by atoms with van der Waals surface area (Å²) in [6.45, 7) is 3.35. The van der Waals surface area contributed by atoms with Gasteiger partial charge in [0.1, 0.15) is 13.2 Å². The first kappa shape index (κ1) is 13.9. The third-order valence-electron chi connectivity index (χ3n) is 3.35. The van der Waals surface area contributed by atoms with Crippen molar-refractivity contribution in [1.82, 2.24) is 5.32 Å². The minimum Gasteiger partial charge on any atom is -0.486 e. The molecule has 0 saturated carbocycles. The number of halogens is 1. The van der Waals surface area contributed by atoms with Crippen molar-refractivity contribution in [2.45, 2.75) is 13.0 Å². The first-order chi connectivity index (χ1) is 9.69. The van der Waals surface area contributed by atoms with Gasteiger partial charge >= 0.3 is 0 Å². The maximum Gasteiger partial charge on any atom is 0.161 e. The minimum absolute atomic E-state index is 0.167. The standard InChI is InChI=1S/C15H16BrNO2S/c1-9-7-13(20-15(9)16)14(17-2)10-3-4-11-12(8-10)19-6-5-18-11/h3-4,7-8,14,17H,5-6H2,1-2H3. The van der Waals surface area contributed by atoms with Gasteiger partial charge in [-0.1, -0.05) is 6.07 Å². The summed E-state index contributed by atoms with van der Waals surface area (Å²) < 4.78 is 12.4. The predicted molar refractivity (Wildman–Crippen MR) is 85.1 cm³/mol. The van der Waals surface area contributed by atoms with E-state index in [1.807, 2.05) is 13.1 Å². The quantitative estimate of drug-likeness (QED) is 0.907. The number of hydrogen-bond donors (Lipinski definition) is 1. The summed E-state index contributed by atoms with van der Waals surface area (Å²) in [7, 11) is 1.98. The molecule has 0 aliphatic carbocycles. The maximum absolute atomic E-state index is 5.66. The Kier molecular flexibility index (Phi) is 4.01. The van der Waals surface area contributed by atoms with Crippen LogP contribution in [0.1, 0.15) is 22.0 Å². The van der Waals surface area contributed by atoms with Crippen LogP contribution in [0, 0.1) is 6.92 Å². The van der Waals surface area contributed by atoms with E-state index in [1.54, 1.807) is 11.3 Å². The lowest BCUT2D eigenvalue weighted by molar-refractivity contribution is 0.171. The SMILES string of the molecule is CNC(c1ccc2c(c1)OCCO2)c1cc(C)c(Br)s1. The molecule has 0 radical (unpaired) electrons. The topological polar surface area (TPSA) is 30.5 Å². The van der Waals surface area contributed by atoms with Crippen LogP contribution < -0.4 is 14.8 Å². The lowest BCUT2D eigenvalue weighted by Crippen LogP contribution is -2.18. The first-order valence-electron chi connectivity index (χ1n) is 6.51. The fourth-order valence-corrected chi connectivity index (χ4v) is 4.05.